The first-order valence-corrected chi connectivity index (χ1v) is 9.83. The lowest BCUT2D eigenvalue weighted by Crippen LogP contribution is -2.45. The predicted molar refractivity (Wildman–Crippen MR) is 110 cm³/mol. The van der Waals surface area contributed by atoms with Crippen molar-refractivity contribution in [3.63, 3.8) is 0 Å². The Balaban J connectivity index is 2.71. The Bertz CT molecular complexity index is 899. The first-order chi connectivity index (χ1) is 14.1. The third-order valence-corrected chi connectivity index (χ3v) is 5.45. The van der Waals surface area contributed by atoms with Gasteiger partial charge >= 0.3 is 11.9 Å². The third kappa shape index (κ3) is 4.13. The van der Waals surface area contributed by atoms with Gasteiger partial charge in [-0.15, -0.1) is 0 Å². The molecule has 1 heterocycles. The summed E-state index contributed by atoms with van der Waals surface area (Å²) in [6.45, 7) is 9.30. The maximum Gasteiger partial charge on any atom is 0.340 e. The maximum absolute atomic E-state index is 13.3. The Morgan fingerprint density at radius 2 is 1.87 bits per heavy atom. The zero-order valence-electron chi connectivity index (χ0n) is 18.2. The van der Waals surface area contributed by atoms with Gasteiger partial charge in [-0.05, 0) is 32.8 Å². The van der Waals surface area contributed by atoms with Crippen LogP contribution in [-0.2, 0) is 11.3 Å². The highest BCUT2D eigenvalue weighted by atomic mass is 16.5. The van der Waals surface area contributed by atoms with Crippen LogP contribution in [0.5, 0.6) is 11.5 Å². The first kappa shape index (κ1) is 23.3. The number of carboxylic acids is 2. The molecule has 0 bridgehead atoms. The van der Waals surface area contributed by atoms with E-state index in [0.29, 0.717) is 23.3 Å². The van der Waals surface area contributed by atoms with Crippen molar-refractivity contribution in [1.82, 2.24) is 4.90 Å². The third-order valence-electron chi connectivity index (χ3n) is 5.45. The molecule has 0 spiro atoms. The summed E-state index contributed by atoms with van der Waals surface area (Å²) in [6, 6.07) is -1.08. The summed E-state index contributed by atoms with van der Waals surface area (Å²) >= 11 is 0. The standard InChI is InChI=1S/C22H29NO7/c1-7-12(4)17(22(27)28)23-10-14-15(20(23)24)16(21(25)26)19(29-6)13(5)18(14)30-9-8-11(2)3/h8,12,17H,7,9-10H2,1-6H3,(H,25,26)(H,27,28)/t12-,17-/m0/s1. The van der Waals surface area contributed by atoms with Crippen molar-refractivity contribution in [1.29, 1.82) is 0 Å². The molecule has 8 heteroatoms. The number of ether oxygens (including phenoxy) is 2. The van der Waals surface area contributed by atoms with Crippen molar-refractivity contribution >= 4 is 17.8 Å². The van der Waals surface area contributed by atoms with Gasteiger partial charge in [0.15, 0.2) is 0 Å². The summed E-state index contributed by atoms with van der Waals surface area (Å²) < 4.78 is 11.2. The van der Waals surface area contributed by atoms with Crippen LogP contribution < -0.4 is 9.47 Å². The van der Waals surface area contributed by atoms with E-state index < -0.39 is 23.9 Å². The van der Waals surface area contributed by atoms with Crippen molar-refractivity contribution in [2.45, 2.75) is 53.6 Å². The van der Waals surface area contributed by atoms with Crippen molar-refractivity contribution in [2.24, 2.45) is 5.92 Å². The molecule has 2 atom stereocenters. The van der Waals surface area contributed by atoms with E-state index in [1.807, 2.05) is 26.8 Å². The van der Waals surface area contributed by atoms with Crippen molar-refractivity contribution in [3.8, 4) is 11.5 Å². The first-order valence-electron chi connectivity index (χ1n) is 9.83. The Morgan fingerprint density at radius 1 is 1.23 bits per heavy atom. The smallest absolute Gasteiger partial charge is 0.340 e. The van der Waals surface area contributed by atoms with Crippen LogP contribution in [0.25, 0.3) is 0 Å². The van der Waals surface area contributed by atoms with E-state index in [1.54, 1.807) is 13.8 Å². The molecule has 0 unspecified atom stereocenters. The lowest BCUT2D eigenvalue weighted by Gasteiger charge is -2.28. The van der Waals surface area contributed by atoms with Gasteiger partial charge in [0.25, 0.3) is 5.91 Å². The molecule has 164 valence electrons. The fourth-order valence-corrected chi connectivity index (χ4v) is 3.75. The summed E-state index contributed by atoms with van der Waals surface area (Å²) in [5, 5.41) is 19.6. The zero-order chi connectivity index (χ0) is 22.7. The number of aromatic carboxylic acids is 1. The van der Waals surface area contributed by atoms with E-state index in [1.165, 1.54) is 12.0 Å². The number of hydrogen-bond donors (Lipinski definition) is 2. The number of carbonyl (C=O) groups is 3. The van der Waals surface area contributed by atoms with Crippen LogP contribution in [0, 0.1) is 12.8 Å². The molecular weight excluding hydrogens is 390 g/mol. The number of benzene rings is 1. The summed E-state index contributed by atoms with van der Waals surface area (Å²) in [6.07, 6.45) is 2.41. The van der Waals surface area contributed by atoms with Gasteiger partial charge < -0.3 is 24.6 Å². The summed E-state index contributed by atoms with van der Waals surface area (Å²) in [4.78, 5) is 38.5. The second-order valence-corrected chi connectivity index (χ2v) is 7.72. The quantitative estimate of drug-likeness (QED) is 0.589. The minimum absolute atomic E-state index is 0.0370. The van der Waals surface area contributed by atoms with Gasteiger partial charge in [-0.1, -0.05) is 25.8 Å². The van der Waals surface area contributed by atoms with E-state index in [4.69, 9.17) is 9.47 Å². The van der Waals surface area contributed by atoms with Crippen molar-refractivity contribution in [2.75, 3.05) is 13.7 Å². The van der Waals surface area contributed by atoms with Gasteiger partial charge in [0, 0.05) is 11.1 Å². The molecular formula is C22H29NO7. The number of carboxylic acid groups (broad SMARTS) is 2. The topological polar surface area (TPSA) is 113 Å². The van der Waals surface area contributed by atoms with Crippen LogP contribution in [0.4, 0.5) is 0 Å². The van der Waals surface area contributed by atoms with Gasteiger partial charge in [-0.3, -0.25) is 4.79 Å². The fraction of sp³-hybridized carbons (Fsp3) is 0.500. The molecule has 8 nitrogen and oxygen atoms in total. The largest absolute Gasteiger partial charge is 0.495 e. The Labute approximate surface area is 176 Å². The number of methoxy groups -OCH3 is 1. The second-order valence-electron chi connectivity index (χ2n) is 7.72. The van der Waals surface area contributed by atoms with Gasteiger partial charge in [0.05, 0.1) is 19.2 Å². The monoisotopic (exact) mass is 419 g/mol. The Morgan fingerprint density at radius 3 is 2.33 bits per heavy atom. The molecule has 2 N–H and O–H groups in total. The van der Waals surface area contributed by atoms with Crippen molar-refractivity contribution < 1.29 is 34.1 Å². The van der Waals surface area contributed by atoms with Crippen LogP contribution >= 0.6 is 0 Å². The molecule has 0 aromatic heterocycles. The molecule has 0 saturated carbocycles. The minimum Gasteiger partial charge on any atom is -0.495 e. The van der Waals surface area contributed by atoms with Crippen molar-refractivity contribution in [3.05, 3.63) is 33.9 Å². The van der Waals surface area contributed by atoms with Crippen LogP contribution in [0.15, 0.2) is 11.6 Å². The summed E-state index contributed by atoms with van der Waals surface area (Å²) in [7, 11) is 1.33. The number of rotatable bonds is 9. The van der Waals surface area contributed by atoms with Crippen LogP contribution in [0.1, 0.15) is 66.0 Å². The lowest BCUT2D eigenvalue weighted by molar-refractivity contribution is -0.144. The molecule has 0 aliphatic carbocycles. The highest BCUT2D eigenvalue weighted by Crippen LogP contribution is 2.44. The van der Waals surface area contributed by atoms with E-state index in [0.717, 1.165) is 5.57 Å². The molecule has 1 aliphatic heterocycles. The average molecular weight is 419 g/mol. The van der Waals surface area contributed by atoms with Crippen LogP contribution in [0.3, 0.4) is 0 Å². The molecule has 1 amide bonds. The minimum atomic E-state index is -1.31. The highest BCUT2D eigenvalue weighted by Gasteiger charge is 2.44. The SMILES string of the molecule is CC[C@H](C)[C@@H](C(=O)O)N1Cc2c(OCC=C(C)C)c(C)c(OC)c(C(=O)O)c2C1=O. The molecule has 0 radical (unpaired) electrons. The van der Waals surface area contributed by atoms with E-state index in [-0.39, 0.29) is 35.9 Å². The number of allylic oxidation sites excluding steroid dienone is 1. The summed E-state index contributed by atoms with van der Waals surface area (Å²) in [5.41, 5.74) is 1.55. The van der Waals surface area contributed by atoms with E-state index in [9.17, 15) is 24.6 Å². The van der Waals surface area contributed by atoms with Gasteiger partial charge in [-0.25, -0.2) is 9.59 Å². The second kappa shape index (κ2) is 9.19. The van der Waals surface area contributed by atoms with Gasteiger partial charge in [0.2, 0.25) is 0 Å². The van der Waals surface area contributed by atoms with Crippen LogP contribution in [0.2, 0.25) is 0 Å². The molecule has 1 aliphatic rings. The number of fused-ring (bicyclic) bond motifs is 1. The molecule has 30 heavy (non-hydrogen) atoms. The van der Waals surface area contributed by atoms with Gasteiger partial charge in [0.1, 0.15) is 29.7 Å². The molecule has 0 saturated heterocycles. The van der Waals surface area contributed by atoms with Gasteiger partial charge in [-0.2, -0.15) is 0 Å². The normalized spacial score (nSPS) is 14.7. The Kier molecular flexibility index (Phi) is 7.12. The molecule has 2 rings (SSSR count). The highest BCUT2D eigenvalue weighted by molar-refractivity contribution is 6.11. The molecule has 1 aromatic carbocycles. The van der Waals surface area contributed by atoms with E-state index in [2.05, 4.69) is 0 Å². The Hall–Kier alpha value is -3.03. The van der Waals surface area contributed by atoms with E-state index >= 15 is 0 Å². The number of amides is 1. The molecule has 1 aromatic rings. The zero-order valence-corrected chi connectivity index (χ0v) is 18.2. The lowest BCUT2D eigenvalue weighted by atomic mass is 9.96. The number of carbonyl (C=O) groups excluding carboxylic acids is 1. The number of hydrogen-bond acceptors (Lipinski definition) is 5. The molecule has 0 fully saturated rings. The predicted octanol–water partition coefficient (Wildman–Crippen LogP) is 3.50. The number of aliphatic carboxylic acids is 1. The summed E-state index contributed by atoms with van der Waals surface area (Å²) in [5.74, 6) is -2.99. The fourth-order valence-electron chi connectivity index (χ4n) is 3.75. The maximum atomic E-state index is 13.3. The van der Waals surface area contributed by atoms with Crippen LogP contribution in [-0.4, -0.2) is 52.7 Å². The average Bonchev–Trinajstić information content (AvgIpc) is 2.98. The number of nitrogens with zero attached hydrogens (tertiary/aromatic N) is 1.